The number of rotatable bonds is 8. The lowest BCUT2D eigenvalue weighted by Crippen LogP contribution is -2.07. The standard InChI is InChI=1S/C10H20O3/c1-2-3-4-5-6-7-8-9-10(11)12-13-10/h11H,2-9H2,1H3. The fraction of sp³-hybridized carbons (Fsp3) is 1.00. The molecule has 0 spiro atoms. The Hall–Kier alpha value is -0.120. The third-order valence-electron chi connectivity index (χ3n) is 2.37. The fourth-order valence-corrected chi connectivity index (χ4v) is 1.44. The Labute approximate surface area is 80.0 Å². The first-order valence-electron chi connectivity index (χ1n) is 5.36. The van der Waals surface area contributed by atoms with Gasteiger partial charge in [0, 0.05) is 6.42 Å². The van der Waals surface area contributed by atoms with Crippen molar-refractivity contribution in [1.82, 2.24) is 0 Å². The normalized spacial score (nSPS) is 18.9. The summed E-state index contributed by atoms with van der Waals surface area (Å²) in [5.41, 5.74) is 0. The van der Waals surface area contributed by atoms with Crippen molar-refractivity contribution in [2.75, 3.05) is 0 Å². The molecule has 3 nitrogen and oxygen atoms in total. The van der Waals surface area contributed by atoms with Gasteiger partial charge in [-0.2, -0.15) is 9.78 Å². The van der Waals surface area contributed by atoms with E-state index in [1.165, 1.54) is 38.5 Å². The fourth-order valence-electron chi connectivity index (χ4n) is 1.44. The van der Waals surface area contributed by atoms with Gasteiger partial charge in [0.15, 0.2) is 0 Å². The van der Waals surface area contributed by atoms with Crippen LogP contribution < -0.4 is 0 Å². The molecule has 1 N–H and O–H groups in total. The molecule has 1 aliphatic heterocycles. The minimum absolute atomic E-state index is 0.612. The molecule has 0 bridgehead atoms. The second-order valence-corrected chi connectivity index (χ2v) is 3.75. The summed E-state index contributed by atoms with van der Waals surface area (Å²) in [6, 6.07) is 0. The molecule has 0 aliphatic carbocycles. The molecule has 0 aromatic rings. The lowest BCUT2D eigenvalue weighted by atomic mass is 10.1. The van der Waals surface area contributed by atoms with Gasteiger partial charge in [0.1, 0.15) is 0 Å². The highest BCUT2D eigenvalue weighted by atomic mass is 17.4. The maximum Gasteiger partial charge on any atom is 0.337 e. The first kappa shape index (κ1) is 11.0. The Balaban J connectivity index is 1.74. The first-order valence-corrected chi connectivity index (χ1v) is 5.36. The molecule has 0 amide bonds. The molecule has 0 aromatic carbocycles. The van der Waals surface area contributed by atoms with E-state index in [-0.39, 0.29) is 0 Å². The van der Waals surface area contributed by atoms with E-state index in [4.69, 9.17) is 5.11 Å². The van der Waals surface area contributed by atoms with Crippen LogP contribution in [-0.2, 0) is 9.78 Å². The van der Waals surface area contributed by atoms with Crippen LogP contribution >= 0.6 is 0 Å². The van der Waals surface area contributed by atoms with Crippen LogP contribution in [0.2, 0.25) is 0 Å². The van der Waals surface area contributed by atoms with Gasteiger partial charge in [-0.1, -0.05) is 45.4 Å². The van der Waals surface area contributed by atoms with Gasteiger partial charge in [-0.15, -0.1) is 0 Å². The quantitative estimate of drug-likeness (QED) is 0.362. The predicted molar refractivity (Wildman–Crippen MR) is 49.7 cm³/mol. The van der Waals surface area contributed by atoms with Crippen LogP contribution in [0.1, 0.15) is 58.3 Å². The zero-order chi connectivity index (χ0) is 9.57. The van der Waals surface area contributed by atoms with Gasteiger partial charge in [-0.3, -0.25) is 0 Å². The van der Waals surface area contributed by atoms with Gasteiger partial charge in [-0.25, -0.2) is 0 Å². The molecule has 78 valence electrons. The van der Waals surface area contributed by atoms with Crippen molar-refractivity contribution < 1.29 is 14.9 Å². The van der Waals surface area contributed by atoms with Crippen molar-refractivity contribution >= 4 is 0 Å². The molecule has 1 aliphatic rings. The SMILES string of the molecule is CCCCCCCCCC1(O)OO1. The topological polar surface area (TPSA) is 45.3 Å². The zero-order valence-electron chi connectivity index (χ0n) is 8.42. The van der Waals surface area contributed by atoms with E-state index in [0.717, 1.165) is 6.42 Å². The Bertz CT molecular complexity index is 132. The van der Waals surface area contributed by atoms with Crippen LogP contribution in [0.15, 0.2) is 0 Å². The Kier molecular flexibility index (Phi) is 4.70. The van der Waals surface area contributed by atoms with Crippen LogP contribution in [0, 0.1) is 0 Å². The first-order chi connectivity index (χ1) is 6.27. The van der Waals surface area contributed by atoms with Gasteiger partial charge in [0.25, 0.3) is 0 Å². The molecule has 1 fully saturated rings. The second-order valence-electron chi connectivity index (χ2n) is 3.75. The molecule has 1 saturated heterocycles. The molecule has 1 rings (SSSR count). The smallest absolute Gasteiger partial charge is 0.337 e. The number of unbranched alkanes of at least 4 members (excludes halogenated alkanes) is 6. The highest BCUT2D eigenvalue weighted by Gasteiger charge is 2.46. The summed E-state index contributed by atoms with van der Waals surface area (Å²) in [6.45, 7) is 2.22. The summed E-state index contributed by atoms with van der Waals surface area (Å²) >= 11 is 0. The molecule has 13 heavy (non-hydrogen) atoms. The van der Waals surface area contributed by atoms with E-state index in [1.807, 2.05) is 0 Å². The van der Waals surface area contributed by atoms with Gasteiger partial charge >= 0.3 is 5.97 Å². The van der Waals surface area contributed by atoms with Crippen molar-refractivity contribution in [3.63, 3.8) is 0 Å². The van der Waals surface area contributed by atoms with Crippen molar-refractivity contribution in [2.24, 2.45) is 0 Å². The molecule has 0 radical (unpaired) electrons. The molecule has 0 aromatic heterocycles. The summed E-state index contributed by atoms with van der Waals surface area (Å²) in [6.07, 6.45) is 9.32. The van der Waals surface area contributed by atoms with Gasteiger partial charge in [0.2, 0.25) is 0 Å². The van der Waals surface area contributed by atoms with Crippen LogP contribution in [0.25, 0.3) is 0 Å². The predicted octanol–water partition coefficient (Wildman–Crippen LogP) is 2.74. The molecule has 0 unspecified atom stereocenters. The summed E-state index contributed by atoms with van der Waals surface area (Å²) < 4.78 is 0. The number of aliphatic hydroxyl groups is 1. The monoisotopic (exact) mass is 188 g/mol. The number of hydrogen-bond acceptors (Lipinski definition) is 3. The van der Waals surface area contributed by atoms with Crippen LogP contribution in [0.3, 0.4) is 0 Å². The molecule has 0 atom stereocenters. The van der Waals surface area contributed by atoms with Gasteiger partial charge in [0.05, 0.1) is 0 Å². The van der Waals surface area contributed by atoms with Crippen LogP contribution in [-0.4, -0.2) is 11.1 Å². The molecule has 3 heteroatoms. The van der Waals surface area contributed by atoms with Crippen molar-refractivity contribution in [2.45, 2.75) is 64.3 Å². The maximum atomic E-state index is 9.13. The lowest BCUT2D eigenvalue weighted by Gasteiger charge is -2.00. The number of hydrogen-bond donors (Lipinski definition) is 1. The highest BCUT2D eigenvalue weighted by molar-refractivity contribution is 4.58. The summed E-state index contributed by atoms with van der Waals surface area (Å²) in [5.74, 6) is -1.20. The van der Waals surface area contributed by atoms with E-state index in [2.05, 4.69) is 16.7 Å². The maximum absolute atomic E-state index is 9.13. The molecule has 1 heterocycles. The molecular formula is C10H20O3. The Morgan fingerprint density at radius 3 is 2.00 bits per heavy atom. The highest BCUT2D eigenvalue weighted by Crippen LogP contribution is 2.31. The molecular weight excluding hydrogens is 168 g/mol. The van der Waals surface area contributed by atoms with E-state index in [1.54, 1.807) is 0 Å². The lowest BCUT2D eigenvalue weighted by molar-refractivity contribution is 0.0191. The van der Waals surface area contributed by atoms with Crippen LogP contribution in [0.4, 0.5) is 0 Å². The van der Waals surface area contributed by atoms with E-state index >= 15 is 0 Å². The Morgan fingerprint density at radius 1 is 0.923 bits per heavy atom. The largest absolute Gasteiger partial charge is 0.340 e. The van der Waals surface area contributed by atoms with Crippen molar-refractivity contribution in [1.29, 1.82) is 0 Å². The third-order valence-corrected chi connectivity index (χ3v) is 2.37. The second kappa shape index (κ2) is 5.58. The van der Waals surface area contributed by atoms with E-state index in [0.29, 0.717) is 6.42 Å². The Morgan fingerprint density at radius 2 is 1.46 bits per heavy atom. The minimum Gasteiger partial charge on any atom is -0.340 e. The summed E-state index contributed by atoms with van der Waals surface area (Å²) in [7, 11) is 0. The van der Waals surface area contributed by atoms with Crippen molar-refractivity contribution in [3.05, 3.63) is 0 Å². The average Bonchev–Trinajstić information content (AvgIpc) is 2.83. The van der Waals surface area contributed by atoms with Crippen LogP contribution in [0.5, 0.6) is 0 Å². The third kappa shape index (κ3) is 5.24. The molecule has 0 saturated carbocycles. The van der Waals surface area contributed by atoms with Gasteiger partial charge in [-0.05, 0) is 6.42 Å². The summed E-state index contributed by atoms with van der Waals surface area (Å²) in [5, 5.41) is 9.13. The van der Waals surface area contributed by atoms with Crippen molar-refractivity contribution in [3.8, 4) is 0 Å². The zero-order valence-corrected chi connectivity index (χ0v) is 8.42. The minimum atomic E-state index is -1.20. The van der Waals surface area contributed by atoms with E-state index in [9.17, 15) is 0 Å². The summed E-state index contributed by atoms with van der Waals surface area (Å²) in [4.78, 5) is 8.79. The van der Waals surface area contributed by atoms with E-state index < -0.39 is 5.97 Å². The van der Waals surface area contributed by atoms with Gasteiger partial charge < -0.3 is 5.11 Å². The average molecular weight is 188 g/mol.